The fourth-order valence-corrected chi connectivity index (χ4v) is 2.11. The largest absolute Gasteiger partial charge is 0.288 e. The van der Waals surface area contributed by atoms with Gasteiger partial charge in [-0.3, -0.25) is 9.69 Å². The van der Waals surface area contributed by atoms with E-state index >= 15 is 0 Å². The lowest BCUT2D eigenvalue weighted by Crippen LogP contribution is -2.34. The Morgan fingerprint density at radius 3 is 2.79 bits per heavy atom. The van der Waals surface area contributed by atoms with Gasteiger partial charge in [0.15, 0.2) is 0 Å². The summed E-state index contributed by atoms with van der Waals surface area (Å²) in [6, 6.07) is 8.78. The number of benzene rings is 1. The van der Waals surface area contributed by atoms with Crippen LogP contribution >= 0.6 is 0 Å². The Kier molecular flexibility index (Phi) is 4.59. The zero-order chi connectivity index (χ0) is 13.5. The van der Waals surface area contributed by atoms with E-state index in [1.165, 1.54) is 0 Å². The second kappa shape index (κ2) is 6.61. The van der Waals surface area contributed by atoms with E-state index in [0.717, 1.165) is 24.9 Å². The van der Waals surface area contributed by atoms with Crippen molar-refractivity contribution in [2.45, 2.75) is 31.7 Å². The molecule has 98 valence electrons. The van der Waals surface area contributed by atoms with E-state index in [1.54, 1.807) is 11.1 Å². The minimum atomic E-state index is -0.618. The summed E-state index contributed by atoms with van der Waals surface area (Å²) in [7, 11) is 0. The number of hydrogen-bond acceptors (Lipinski definition) is 2. The van der Waals surface area contributed by atoms with Crippen molar-refractivity contribution in [1.29, 1.82) is 0 Å². The molecule has 0 saturated carbocycles. The van der Waals surface area contributed by atoms with Gasteiger partial charge in [0.1, 0.15) is 6.04 Å². The van der Waals surface area contributed by atoms with Gasteiger partial charge >= 0.3 is 0 Å². The molecule has 0 fully saturated rings. The summed E-state index contributed by atoms with van der Waals surface area (Å²) in [5.74, 6) is -0.165. The molecule has 1 aromatic carbocycles. The van der Waals surface area contributed by atoms with Crippen molar-refractivity contribution in [3.05, 3.63) is 53.1 Å². The average Bonchev–Trinajstić information content (AvgIpc) is 2.53. The van der Waals surface area contributed by atoms with Crippen LogP contribution in [0.3, 0.4) is 0 Å². The zero-order valence-electron chi connectivity index (χ0n) is 10.6. The Labute approximate surface area is 112 Å². The average molecular weight is 256 g/mol. The molecule has 5 nitrogen and oxygen atoms in total. The third-order valence-corrected chi connectivity index (χ3v) is 3.10. The number of para-hydroxylation sites is 1. The number of allylic oxidation sites excluding steroid dienone is 1. The first kappa shape index (κ1) is 13.2. The number of nitrogens with zero attached hydrogens (tertiary/aromatic N) is 4. The first-order valence-corrected chi connectivity index (χ1v) is 6.42. The molecule has 1 aliphatic heterocycles. The summed E-state index contributed by atoms with van der Waals surface area (Å²) in [5.41, 5.74) is 9.39. The molecular formula is C14H16N4O. The smallest absolute Gasteiger partial charge is 0.240 e. The minimum absolute atomic E-state index is 0.165. The first-order valence-electron chi connectivity index (χ1n) is 6.42. The Hall–Kier alpha value is -2.26. The number of anilines is 1. The normalized spacial score (nSPS) is 20.1. The van der Waals surface area contributed by atoms with Crippen LogP contribution in [0.2, 0.25) is 0 Å². The van der Waals surface area contributed by atoms with Crippen LogP contribution in [0.25, 0.3) is 10.4 Å². The molecule has 0 aromatic heterocycles. The molecule has 0 aliphatic carbocycles. The number of carbonyl (C=O) groups is 1. The van der Waals surface area contributed by atoms with E-state index in [2.05, 4.69) is 10.0 Å². The highest BCUT2D eigenvalue weighted by atomic mass is 16.2. The number of amides is 1. The van der Waals surface area contributed by atoms with Gasteiger partial charge < -0.3 is 0 Å². The quantitative estimate of drug-likeness (QED) is 0.451. The van der Waals surface area contributed by atoms with Crippen molar-refractivity contribution in [1.82, 2.24) is 0 Å². The van der Waals surface area contributed by atoms with Gasteiger partial charge in [0, 0.05) is 16.8 Å². The third-order valence-electron chi connectivity index (χ3n) is 3.10. The molecule has 1 amide bonds. The highest BCUT2D eigenvalue weighted by Crippen LogP contribution is 2.20. The highest BCUT2D eigenvalue weighted by Gasteiger charge is 2.23. The SMILES string of the molecule is [N-]=[N+]=NC1CCCCC=CN(c2ccccc2)C1=O. The first-order chi connectivity index (χ1) is 9.33. The van der Waals surface area contributed by atoms with Crippen LogP contribution in [0.15, 0.2) is 47.7 Å². The highest BCUT2D eigenvalue weighted by molar-refractivity contribution is 5.98. The number of hydrogen-bond donors (Lipinski definition) is 0. The second-order valence-corrected chi connectivity index (χ2v) is 4.43. The van der Waals surface area contributed by atoms with Gasteiger partial charge in [-0.15, -0.1) is 0 Å². The van der Waals surface area contributed by atoms with Gasteiger partial charge in [0.25, 0.3) is 0 Å². The second-order valence-electron chi connectivity index (χ2n) is 4.43. The van der Waals surface area contributed by atoms with Crippen LogP contribution in [-0.4, -0.2) is 11.9 Å². The Morgan fingerprint density at radius 1 is 1.26 bits per heavy atom. The van der Waals surface area contributed by atoms with Gasteiger partial charge in [-0.1, -0.05) is 35.8 Å². The number of azide groups is 1. The van der Waals surface area contributed by atoms with Gasteiger partial charge in [0.2, 0.25) is 5.91 Å². The zero-order valence-corrected chi connectivity index (χ0v) is 10.6. The molecular weight excluding hydrogens is 240 g/mol. The Bertz CT molecular complexity index is 505. The predicted octanol–water partition coefficient (Wildman–Crippen LogP) is 3.79. The maximum Gasteiger partial charge on any atom is 0.240 e. The molecule has 1 aromatic rings. The van der Waals surface area contributed by atoms with E-state index in [0.29, 0.717) is 6.42 Å². The van der Waals surface area contributed by atoms with Gasteiger partial charge in [-0.05, 0) is 36.9 Å². The van der Waals surface area contributed by atoms with E-state index < -0.39 is 6.04 Å². The van der Waals surface area contributed by atoms with E-state index in [-0.39, 0.29) is 5.91 Å². The van der Waals surface area contributed by atoms with Crippen LogP contribution in [-0.2, 0) is 4.79 Å². The molecule has 2 rings (SSSR count). The Morgan fingerprint density at radius 2 is 2.05 bits per heavy atom. The molecule has 1 aliphatic rings. The Balaban J connectivity index is 2.33. The van der Waals surface area contributed by atoms with Crippen LogP contribution in [0.1, 0.15) is 25.7 Å². The topological polar surface area (TPSA) is 69.1 Å². The van der Waals surface area contributed by atoms with Crippen molar-refractivity contribution in [2.24, 2.45) is 5.11 Å². The molecule has 19 heavy (non-hydrogen) atoms. The standard InChI is InChI=1S/C14H16N4O/c15-17-16-13-10-6-1-2-7-11-18(14(13)19)12-8-4-3-5-9-12/h3-5,7-9,11,13H,1-2,6,10H2. The summed E-state index contributed by atoms with van der Waals surface area (Å²) < 4.78 is 0. The molecule has 0 radical (unpaired) electrons. The lowest BCUT2D eigenvalue weighted by atomic mass is 10.1. The summed E-state index contributed by atoms with van der Waals surface area (Å²) in [6.45, 7) is 0. The number of rotatable bonds is 2. The summed E-state index contributed by atoms with van der Waals surface area (Å²) in [5, 5.41) is 3.64. The summed E-state index contributed by atoms with van der Waals surface area (Å²) in [4.78, 5) is 16.8. The van der Waals surface area contributed by atoms with Crippen molar-refractivity contribution in [3.8, 4) is 0 Å². The fraction of sp³-hybridized carbons (Fsp3) is 0.357. The van der Waals surface area contributed by atoms with Gasteiger partial charge in [-0.25, -0.2) is 0 Å². The molecule has 0 N–H and O–H groups in total. The maximum atomic E-state index is 12.5. The van der Waals surface area contributed by atoms with E-state index in [4.69, 9.17) is 5.53 Å². The van der Waals surface area contributed by atoms with Crippen molar-refractivity contribution in [2.75, 3.05) is 4.90 Å². The third kappa shape index (κ3) is 3.36. The molecule has 5 heteroatoms. The molecule has 0 saturated heterocycles. The van der Waals surface area contributed by atoms with Gasteiger partial charge in [0.05, 0.1) is 0 Å². The van der Waals surface area contributed by atoms with Crippen LogP contribution in [0.4, 0.5) is 5.69 Å². The summed E-state index contributed by atoms with van der Waals surface area (Å²) in [6.07, 6.45) is 7.20. The molecule has 0 spiro atoms. The van der Waals surface area contributed by atoms with Crippen LogP contribution in [0.5, 0.6) is 0 Å². The monoisotopic (exact) mass is 256 g/mol. The fourth-order valence-electron chi connectivity index (χ4n) is 2.11. The molecule has 0 bridgehead atoms. The van der Waals surface area contributed by atoms with E-state index in [9.17, 15) is 4.79 Å². The lowest BCUT2D eigenvalue weighted by Gasteiger charge is -2.21. The van der Waals surface area contributed by atoms with Crippen molar-refractivity contribution >= 4 is 11.6 Å². The lowest BCUT2D eigenvalue weighted by molar-refractivity contribution is -0.119. The predicted molar refractivity (Wildman–Crippen MR) is 74.5 cm³/mol. The van der Waals surface area contributed by atoms with Crippen LogP contribution in [0, 0.1) is 0 Å². The van der Waals surface area contributed by atoms with Crippen molar-refractivity contribution in [3.63, 3.8) is 0 Å². The summed E-state index contributed by atoms with van der Waals surface area (Å²) >= 11 is 0. The van der Waals surface area contributed by atoms with Crippen LogP contribution < -0.4 is 4.90 Å². The van der Waals surface area contributed by atoms with Gasteiger partial charge in [-0.2, -0.15) is 0 Å². The maximum absolute atomic E-state index is 12.5. The molecule has 1 unspecified atom stereocenters. The van der Waals surface area contributed by atoms with E-state index in [1.807, 2.05) is 36.4 Å². The molecule has 1 heterocycles. The number of carbonyl (C=O) groups excluding carboxylic acids is 1. The minimum Gasteiger partial charge on any atom is -0.288 e. The molecule has 1 atom stereocenters. The van der Waals surface area contributed by atoms with Crippen molar-refractivity contribution < 1.29 is 4.79 Å².